The Bertz CT molecular complexity index is 354. The van der Waals surface area contributed by atoms with Crippen LogP contribution in [0.2, 0.25) is 0 Å². The van der Waals surface area contributed by atoms with Crippen molar-refractivity contribution in [2.75, 3.05) is 26.2 Å². The van der Waals surface area contributed by atoms with E-state index in [-0.39, 0.29) is 11.8 Å². The summed E-state index contributed by atoms with van der Waals surface area (Å²) in [5.74, 6) is 1.51. The molecule has 0 atom stereocenters. The van der Waals surface area contributed by atoms with Gasteiger partial charge in [-0.25, -0.2) is 0 Å². The molecule has 0 N–H and O–H groups in total. The summed E-state index contributed by atoms with van der Waals surface area (Å²) in [6.07, 6.45) is 2.89. The summed E-state index contributed by atoms with van der Waals surface area (Å²) in [6, 6.07) is 0. The summed E-state index contributed by atoms with van der Waals surface area (Å²) in [5.41, 5.74) is 0. The largest absolute Gasteiger partial charge is 0.339 e. The van der Waals surface area contributed by atoms with Crippen LogP contribution in [-0.2, 0) is 9.59 Å². The van der Waals surface area contributed by atoms with E-state index in [4.69, 9.17) is 0 Å². The van der Waals surface area contributed by atoms with E-state index in [2.05, 4.69) is 55.4 Å². The Morgan fingerprint density at radius 3 is 0.958 bits per heavy atom. The lowest BCUT2D eigenvalue weighted by molar-refractivity contribution is -0.129. The summed E-state index contributed by atoms with van der Waals surface area (Å²) in [4.78, 5) is 28.6. The summed E-state index contributed by atoms with van der Waals surface area (Å²) in [7, 11) is 0. The third kappa shape index (κ3) is 10.5. The SMILES string of the molecule is CC(C)CN(CC(C)C)C(=O)/C=C\C(=O)N(CC(C)C)CC(C)C. The van der Waals surface area contributed by atoms with Gasteiger partial charge < -0.3 is 9.80 Å². The molecule has 0 unspecified atom stereocenters. The molecule has 140 valence electrons. The molecule has 4 nitrogen and oxygen atoms in total. The van der Waals surface area contributed by atoms with Gasteiger partial charge in [0.25, 0.3) is 0 Å². The highest BCUT2D eigenvalue weighted by atomic mass is 16.2. The average molecular weight is 339 g/mol. The molecule has 0 spiro atoms. The molecule has 2 amide bonds. The molecular formula is C20H38N2O2. The first-order valence-corrected chi connectivity index (χ1v) is 9.28. The molecule has 0 radical (unpaired) electrons. The van der Waals surface area contributed by atoms with Crippen LogP contribution in [0.25, 0.3) is 0 Å². The van der Waals surface area contributed by atoms with Crippen molar-refractivity contribution in [3.63, 3.8) is 0 Å². The van der Waals surface area contributed by atoms with E-state index in [1.807, 2.05) is 9.80 Å². The van der Waals surface area contributed by atoms with Crippen molar-refractivity contribution in [3.8, 4) is 0 Å². The van der Waals surface area contributed by atoms with E-state index < -0.39 is 0 Å². The van der Waals surface area contributed by atoms with Crippen LogP contribution in [0.15, 0.2) is 12.2 Å². The number of hydrogen-bond donors (Lipinski definition) is 0. The topological polar surface area (TPSA) is 40.6 Å². The third-order valence-electron chi connectivity index (χ3n) is 3.33. The molecule has 0 saturated carbocycles. The molecule has 0 fully saturated rings. The molecule has 0 heterocycles. The lowest BCUT2D eigenvalue weighted by Crippen LogP contribution is -2.37. The van der Waals surface area contributed by atoms with Crippen LogP contribution in [0.3, 0.4) is 0 Å². The molecule has 0 aliphatic carbocycles. The molecule has 4 heteroatoms. The van der Waals surface area contributed by atoms with Crippen LogP contribution in [0.5, 0.6) is 0 Å². The van der Waals surface area contributed by atoms with Gasteiger partial charge in [-0.2, -0.15) is 0 Å². The maximum absolute atomic E-state index is 12.5. The van der Waals surface area contributed by atoms with Crippen LogP contribution >= 0.6 is 0 Å². The number of amides is 2. The molecule has 0 aliphatic heterocycles. The molecular weight excluding hydrogens is 300 g/mol. The zero-order valence-corrected chi connectivity index (χ0v) is 17.0. The minimum absolute atomic E-state index is 0.0696. The summed E-state index contributed by atoms with van der Waals surface area (Å²) in [5, 5.41) is 0. The van der Waals surface area contributed by atoms with Crippen LogP contribution in [0.4, 0.5) is 0 Å². The quantitative estimate of drug-likeness (QED) is 0.568. The van der Waals surface area contributed by atoms with E-state index in [0.29, 0.717) is 23.7 Å². The van der Waals surface area contributed by atoms with Gasteiger partial charge in [0.2, 0.25) is 11.8 Å². The maximum atomic E-state index is 12.5. The number of carbonyl (C=O) groups is 2. The van der Waals surface area contributed by atoms with Crippen LogP contribution < -0.4 is 0 Å². The van der Waals surface area contributed by atoms with Gasteiger partial charge in [0.15, 0.2) is 0 Å². The summed E-state index contributed by atoms with van der Waals surface area (Å²) < 4.78 is 0. The lowest BCUT2D eigenvalue weighted by Gasteiger charge is -2.26. The second-order valence-electron chi connectivity index (χ2n) is 8.40. The summed E-state index contributed by atoms with van der Waals surface area (Å²) >= 11 is 0. The minimum atomic E-state index is -0.0696. The molecule has 24 heavy (non-hydrogen) atoms. The van der Waals surface area contributed by atoms with Crippen molar-refractivity contribution in [2.24, 2.45) is 23.7 Å². The summed E-state index contributed by atoms with van der Waals surface area (Å²) in [6.45, 7) is 19.7. The van der Waals surface area contributed by atoms with E-state index in [9.17, 15) is 9.59 Å². The molecule has 0 aliphatic rings. The van der Waals surface area contributed by atoms with Crippen LogP contribution in [0.1, 0.15) is 55.4 Å². The highest BCUT2D eigenvalue weighted by molar-refractivity contribution is 5.96. The van der Waals surface area contributed by atoms with Gasteiger partial charge in [-0.3, -0.25) is 9.59 Å². The average Bonchev–Trinajstić information content (AvgIpc) is 2.40. The fraction of sp³-hybridized carbons (Fsp3) is 0.800. The number of rotatable bonds is 10. The van der Waals surface area contributed by atoms with Gasteiger partial charge in [0.05, 0.1) is 0 Å². The molecule has 0 aromatic heterocycles. The second-order valence-corrected chi connectivity index (χ2v) is 8.40. The van der Waals surface area contributed by atoms with Gasteiger partial charge in [-0.15, -0.1) is 0 Å². The number of carbonyl (C=O) groups excluding carboxylic acids is 2. The lowest BCUT2D eigenvalue weighted by atomic mass is 10.1. The monoisotopic (exact) mass is 338 g/mol. The van der Waals surface area contributed by atoms with Gasteiger partial charge in [-0.1, -0.05) is 55.4 Å². The molecule has 0 aromatic rings. The predicted octanol–water partition coefficient (Wildman–Crippen LogP) is 3.82. The van der Waals surface area contributed by atoms with E-state index >= 15 is 0 Å². The van der Waals surface area contributed by atoms with Crippen molar-refractivity contribution in [1.82, 2.24) is 9.80 Å². The van der Waals surface area contributed by atoms with Gasteiger partial charge in [-0.05, 0) is 23.7 Å². The van der Waals surface area contributed by atoms with Gasteiger partial charge in [0.1, 0.15) is 0 Å². The minimum Gasteiger partial charge on any atom is -0.339 e. The Morgan fingerprint density at radius 2 is 0.792 bits per heavy atom. The van der Waals surface area contributed by atoms with Crippen molar-refractivity contribution < 1.29 is 9.59 Å². The van der Waals surface area contributed by atoms with Gasteiger partial charge in [0, 0.05) is 38.3 Å². The zero-order valence-electron chi connectivity index (χ0n) is 17.0. The van der Waals surface area contributed by atoms with Crippen LogP contribution in [-0.4, -0.2) is 47.8 Å². The first-order chi connectivity index (χ1) is 11.0. The van der Waals surface area contributed by atoms with E-state index in [1.165, 1.54) is 12.2 Å². The van der Waals surface area contributed by atoms with Gasteiger partial charge >= 0.3 is 0 Å². The normalized spacial score (nSPS) is 12.0. The molecule has 0 rings (SSSR count). The van der Waals surface area contributed by atoms with E-state index in [1.54, 1.807) is 0 Å². The fourth-order valence-electron chi connectivity index (χ4n) is 2.63. The predicted molar refractivity (Wildman–Crippen MR) is 102 cm³/mol. The smallest absolute Gasteiger partial charge is 0.246 e. The first kappa shape index (κ1) is 22.7. The Labute approximate surface area is 149 Å². The number of hydrogen-bond acceptors (Lipinski definition) is 2. The molecule has 0 bridgehead atoms. The Morgan fingerprint density at radius 1 is 0.583 bits per heavy atom. The highest BCUT2D eigenvalue weighted by Gasteiger charge is 2.17. The van der Waals surface area contributed by atoms with Crippen molar-refractivity contribution in [3.05, 3.63) is 12.2 Å². The van der Waals surface area contributed by atoms with E-state index in [0.717, 1.165) is 26.2 Å². The van der Waals surface area contributed by atoms with Crippen molar-refractivity contribution in [2.45, 2.75) is 55.4 Å². The Kier molecular flexibility index (Phi) is 10.7. The standard InChI is InChI=1S/C20H38N2O2/c1-15(2)11-21(12-16(3)4)19(23)9-10-20(24)22(13-17(5)6)14-18(7)8/h9-10,15-18H,11-14H2,1-8H3/b10-9-. The zero-order chi connectivity index (χ0) is 18.9. The Balaban J connectivity index is 4.94. The van der Waals surface area contributed by atoms with Crippen molar-refractivity contribution >= 4 is 11.8 Å². The highest BCUT2D eigenvalue weighted by Crippen LogP contribution is 2.07. The maximum Gasteiger partial charge on any atom is 0.246 e. The first-order valence-electron chi connectivity index (χ1n) is 9.28. The van der Waals surface area contributed by atoms with Crippen LogP contribution in [0, 0.1) is 23.7 Å². The van der Waals surface area contributed by atoms with Crippen molar-refractivity contribution in [1.29, 1.82) is 0 Å². The number of nitrogens with zero attached hydrogens (tertiary/aromatic N) is 2. The molecule has 0 saturated heterocycles. The molecule has 0 aromatic carbocycles. The fourth-order valence-corrected chi connectivity index (χ4v) is 2.63. The second kappa shape index (κ2) is 11.3. The third-order valence-corrected chi connectivity index (χ3v) is 3.33. The Hall–Kier alpha value is -1.32.